The summed E-state index contributed by atoms with van der Waals surface area (Å²) in [5.41, 5.74) is 2.26. The van der Waals surface area contributed by atoms with Crippen LogP contribution in [-0.4, -0.2) is 31.0 Å². The minimum atomic E-state index is -0.536. The number of aliphatic hydroxyl groups excluding tert-OH is 1. The molecule has 1 N–H and O–H groups in total. The average Bonchev–Trinajstić information content (AvgIpc) is 2.46. The van der Waals surface area contributed by atoms with Crippen molar-refractivity contribution >= 4 is 0 Å². The van der Waals surface area contributed by atoms with Crippen LogP contribution in [0.3, 0.4) is 0 Å². The molecule has 1 aromatic carbocycles. The number of benzene rings is 1. The van der Waals surface area contributed by atoms with Gasteiger partial charge in [0.25, 0.3) is 0 Å². The van der Waals surface area contributed by atoms with Gasteiger partial charge in [-0.25, -0.2) is 0 Å². The number of aliphatic hydroxyl groups is 1. The van der Waals surface area contributed by atoms with Gasteiger partial charge in [0.1, 0.15) is 6.10 Å². The summed E-state index contributed by atoms with van der Waals surface area (Å²) in [6, 6.07) is 8.23. The molecule has 20 heavy (non-hydrogen) atoms. The van der Waals surface area contributed by atoms with Crippen molar-refractivity contribution < 1.29 is 14.6 Å². The molecule has 0 amide bonds. The number of rotatable bonds is 6. The van der Waals surface area contributed by atoms with Crippen molar-refractivity contribution in [1.29, 1.82) is 0 Å². The van der Waals surface area contributed by atoms with Crippen molar-refractivity contribution in [1.82, 2.24) is 0 Å². The van der Waals surface area contributed by atoms with Crippen LogP contribution < -0.4 is 0 Å². The van der Waals surface area contributed by atoms with E-state index in [0.717, 1.165) is 38.0 Å². The summed E-state index contributed by atoms with van der Waals surface area (Å²) in [6.07, 6.45) is 2.64. The highest BCUT2D eigenvalue weighted by molar-refractivity contribution is 5.24. The fraction of sp³-hybridized carbons (Fsp3) is 0.647. The average molecular weight is 278 g/mol. The fourth-order valence-electron chi connectivity index (χ4n) is 2.51. The smallest absolute Gasteiger partial charge is 0.102 e. The third-order valence-corrected chi connectivity index (χ3v) is 3.67. The second-order valence-corrected chi connectivity index (χ2v) is 6.00. The maximum absolute atomic E-state index is 10.2. The molecule has 1 unspecified atom stereocenters. The molecule has 0 aromatic heterocycles. The summed E-state index contributed by atoms with van der Waals surface area (Å²) >= 11 is 0. The highest BCUT2D eigenvalue weighted by Crippen LogP contribution is 2.18. The lowest BCUT2D eigenvalue weighted by molar-refractivity contribution is -0.0598. The van der Waals surface area contributed by atoms with Crippen LogP contribution in [0.25, 0.3) is 0 Å². The first-order valence-electron chi connectivity index (χ1n) is 7.61. The molecule has 0 spiro atoms. The largest absolute Gasteiger partial charge is 0.386 e. The van der Waals surface area contributed by atoms with E-state index < -0.39 is 6.10 Å². The molecule has 2 rings (SSSR count). The third kappa shape index (κ3) is 4.89. The molecule has 1 aliphatic rings. The third-order valence-electron chi connectivity index (χ3n) is 3.67. The molecule has 1 fully saturated rings. The van der Waals surface area contributed by atoms with Gasteiger partial charge in [0, 0.05) is 13.2 Å². The predicted octanol–water partition coefficient (Wildman–Crippen LogP) is 3.11. The Balaban J connectivity index is 1.80. The van der Waals surface area contributed by atoms with Gasteiger partial charge in [-0.1, -0.05) is 38.1 Å². The Bertz CT molecular complexity index is 380. The zero-order chi connectivity index (χ0) is 14.4. The van der Waals surface area contributed by atoms with Gasteiger partial charge in [-0.15, -0.1) is 0 Å². The van der Waals surface area contributed by atoms with Crippen molar-refractivity contribution in [2.24, 2.45) is 5.92 Å². The molecule has 1 aliphatic heterocycles. The Morgan fingerprint density at radius 3 is 2.45 bits per heavy atom. The van der Waals surface area contributed by atoms with Crippen molar-refractivity contribution in [3.8, 4) is 0 Å². The lowest BCUT2D eigenvalue weighted by Crippen LogP contribution is -2.25. The lowest BCUT2D eigenvalue weighted by atomic mass is 10.0. The second kappa shape index (κ2) is 7.77. The molecule has 0 aliphatic carbocycles. The zero-order valence-corrected chi connectivity index (χ0v) is 12.5. The van der Waals surface area contributed by atoms with Gasteiger partial charge < -0.3 is 14.6 Å². The van der Waals surface area contributed by atoms with Crippen molar-refractivity contribution in [3.63, 3.8) is 0 Å². The summed E-state index contributed by atoms with van der Waals surface area (Å²) in [5.74, 6) is 0.655. The van der Waals surface area contributed by atoms with E-state index >= 15 is 0 Å². The van der Waals surface area contributed by atoms with Crippen LogP contribution in [-0.2, 0) is 15.9 Å². The first-order valence-corrected chi connectivity index (χ1v) is 7.61. The molecule has 0 bridgehead atoms. The molecule has 3 heteroatoms. The Morgan fingerprint density at radius 2 is 1.85 bits per heavy atom. The maximum Gasteiger partial charge on any atom is 0.102 e. The first kappa shape index (κ1) is 15.5. The molecule has 1 atom stereocenters. The molecular formula is C17H26O3. The van der Waals surface area contributed by atoms with E-state index in [1.807, 2.05) is 12.1 Å². The van der Waals surface area contributed by atoms with E-state index in [1.165, 1.54) is 5.56 Å². The van der Waals surface area contributed by atoms with E-state index in [9.17, 15) is 5.11 Å². The summed E-state index contributed by atoms with van der Waals surface area (Å²) in [7, 11) is 0. The van der Waals surface area contributed by atoms with Gasteiger partial charge in [0.2, 0.25) is 0 Å². The summed E-state index contributed by atoms with van der Waals surface area (Å²) in [5, 5.41) is 10.2. The first-order chi connectivity index (χ1) is 9.65. The van der Waals surface area contributed by atoms with Crippen LogP contribution in [0, 0.1) is 5.92 Å². The van der Waals surface area contributed by atoms with Crippen LogP contribution >= 0.6 is 0 Å². The Hall–Kier alpha value is -0.900. The Morgan fingerprint density at radius 1 is 1.20 bits per heavy atom. The molecule has 1 heterocycles. The molecule has 112 valence electrons. The second-order valence-electron chi connectivity index (χ2n) is 6.00. The summed E-state index contributed by atoms with van der Waals surface area (Å²) in [6.45, 7) is 6.33. The van der Waals surface area contributed by atoms with Crippen LogP contribution in [0.2, 0.25) is 0 Å². The van der Waals surface area contributed by atoms with Gasteiger partial charge in [-0.05, 0) is 36.3 Å². The minimum absolute atomic E-state index is 0.235. The SMILES string of the molecule is CC(C)Cc1ccc(C(O)COC2CCOCC2)cc1. The van der Waals surface area contributed by atoms with Crippen LogP contribution in [0.15, 0.2) is 24.3 Å². The van der Waals surface area contributed by atoms with E-state index in [1.54, 1.807) is 0 Å². The highest BCUT2D eigenvalue weighted by Gasteiger charge is 2.16. The summed E-state index contributed by atoms with van der Waals surface area (Å²) in [4.78, 5) is 0. The zero-order valence-electron chi connectivity index (χ0n) is 12.5. The van der Waals surface area contributed by atoms with Gasteiger partial charge in [0.05, 0.1) is 12.7 Å². The Labute approximate surface area is 121 Å². The number of hydrogen-bond acceptors (Lipinski definition) is 3. The van der Waals surface area contributed by atoms with Crippen LogP contribution in [0.1, 0.15) is 43.9 Å². The molecule has 3 nitrogen and oxygen atoms in total. The topological polar surface area (TPSA) is 38.7 Å². The maximum atomic E-state index is 10.2. The van der Waals surface area contributed by atoms with Gasteiger partial charge in [-0.2, -0.15) is 0 Å². The van der Waals surface area contributed by atoms with Gasteiger partial charge in [0.15, 0.2) is 0 Å². The lowest BCUT2D eigenvalue weighted by Gasteiger charge is -2.23. The molecule has 1 aromatic rings. The fourth-order valence-corrected chi connectivity index (χ4v) is 2.51. The highest BCUT2D eigenvalue weighted by atomic mass is 16.5. The van der Waals surface area contributed by atoms with Crippen LogP contribution in [0.5, 0.6) is 0 Å². The standard InChI is InChI=1S/C17H26O3/c1-13(2)11-14-3-5-15(6-4-14)17(18)12-20-16-7-9-19-10-8-16/h3-6,13,16-18H,7-12H2,1-2H3. The van der Waals surface area contributed by atoms with Crippen molar-refractivity contribution in [2.45, 2.75) is 45.3 Å². The molecule has 0 radical (unpaired) electrons. The van der Waals surface area contributed by atoms with Crippen molar-refractivity contribution in [2.75, 3.05) is 19.8 Å². The Kier molecular flexibility index (Phi) is 6.02. The van der Waals surface area contributed by atoms with Crippen LogP contribution in [0.4, 0.5) is 0 Å². The minimum Gasteiger partial charge on any atom is -0.386 e. The van der Waals surface area contributed by atoms with Crippen molar-refractivity contribution in [3.05, 3.63) is 35.4 Å². The number of ether oxygens (including phenoxy) is 2. The molecule has 0 saturated carbocycles. The van der Waals surface area contributed by atoms with Gasteiger partial charge >= 0.3 is 0 Å². The normalized spacial score (nSPS) is 18.4. The summed E-state index contributed by atoms with van der Waals surface area (Å²) < 4.78 is 11.1. The van der Waals surface area contributed by atoms with E-state index in [2.05, 4.69) is 26.0 Å². The molecular weight excluding hydrogens is 252 g/mol. The van der Waals surface area contributed by atoms with E-state index in [-0.39, 0.29) is 6.10 Å². The quantitative estimate of drug-likeness (QED) is 0.869. The van der Waals surface area contributed by atoms with E-state index in [4.69, 9.17) is 9.47 Å². The number of hydrogen-bond donors (Lipinski definition) is 1. The monoisotopic (exact) mass is 278 g/mol. The predicted molar refractivity (Wildman–Crippen MR) is 79.7 cm³/mol. The van der Waals surface area contributed by atoms with E-state index in [0.29, 0.717) is 12.5 Å². The molecule has 1 saturated heterocycles. The van der Waals surface area contributed by atoms with Gasteiger partial charge in [-0.3, -0.25) is 0 Å².